The number of Topliss-reactive ketones (excluding diaryl/α,β-unsaturated/α-hetero) is 1. The standard InChI is InChI=1S/C12H10ClNO3/c1-2-10(15)11(17-12(14)16)7-8-4-3-5-9(13)6-8/h1,3-6,11H,7H2,(H2,14,16). The summed E-state index contributed by atoms with van der Waals surface area (Å²) in [6.07, 6.45) is 3.01. The molecule has 1 atom stereocenters. The van der Waals surface area contributed by atoms with Crippen LogP contribution in [-0.2, 0) is 16.0 Å². The number of nitrogens with two attached hydrogens (primary N) is 1. The van der Waals surface area contributed by atoms with Crippen molar-refractivity contribution in [1.29, 1.82) is 0 Å². The molecule has 0 aromatic heterocycles. The van der Waals surface area contributed by atoms with Gasteiger partial charge in [0.1, 0.15) is 0 Å². The maximum absolute atomic E-state index is 11.3. The lowest BCUT2D eigenvalue weighted by molar-refractivity contribution is -0.121. The number of amides is 1. The largest absolute Gasteiger partial charge is 0.437 e. The molecular formula is C12H10ClNO3. The Morgan fingerprint density at radius 2 is 2.24 bits per heavy atom. The molecule has 5 heteroatoms. The number of ketones is 1. The molecule has 4 nitrogen and oxygen atoms in total. The molecular weight excluding hydrogens is 242 g/mol. The molecule has 17 heavy (non-hydrogen) atoms. The Morgan fingerprint density at radius 3 is 2.76 bits per heavy atom. The van der Waals surface area contributed by atoms with Crippen LogP contribution in [0.2, 0.25) is 5.02 Å². The van der Waals surface area contributed by atoms with Crippen LogP contribution < -0.4 is 5.73 Å². The molecule has 1 amide bonds. The summed E-state index contributed by atoms with van der Waals surface area (Å²) in [6.45, 7) is 0. The maximum Gasteiger partial charge on any atom is 0.405 e. The van der Waals surface area contributed by atoms with Crippen molar-refractivity contribution >= 4 is 23.5 Å². The average Bonchev–Trinajstić information content (AvgIpc) is 2.26. The summed E-state index contributed by atoms with van der Waals surface area (Å²) in [6, 6.07) is 6.81. The summed E-state index contributed by atoms with van der Waals surface area (Å²) in [7, 11) is 0. The quantitative estimate of drug-likeness (QED) is 0.652. The van der Waals surface area contributed by atoms with Crippen LogP contribution in [0.25, 0.3) is 0 Å². The van der Waals surface area contributed by atoms with Crippen LogP contribution >= 0.6 is 11.6 Å². The van der Waals surface area contributed by atoms with Crippen LogP contribution in [0.3, 0.4) is 0 Å². The molecule has 0 aliphatic heterocycles. The molecule has 2 N–H and O–H groups in total. The fraction of sp³-hybridized carbons (Fsp3) is 0.167. The number of carbonyl (C=O) groups is 2. The van der Waals surface area contributed by atoms with Crippen LogP contribution in [0.5, 0.6) is 0 Å². The lowest BCUT2D eigenvalue weighted by Gasteiger charge is -2.12. The van der Waals surface area contributed by atoms with Gasteiger partial charge in [0.2, 0.25) is 5.78 Å². The molecule has 88 valence electrons. The van der Waals surface area contributed by atoms with E-state index in [4.69, 9.17) is 23.8 Å². The van der Waals surface area contributed by atoms with Gasteiger partial charge in [-0.1, -0.05) is 23.7 Å². The molecule has 0 aliphatic rings. The second-order valence-electron chi connectivity index (χ2n) is 3.27. The van der Waals surface area contributed by atoms with Gasteiger partial charge in [-0.05, 0) is 23.6 Å². The van der Waals surface area contributed by atoms with E-state index >= 15 is 0 Å². The summed E-state index contributed by atoms with van der Waals surface area (Å²) >= 11 is 5.79. The van der Waals surface area contributed by atoms with E-state index in [0.29, 0.717) is 5.02 Å². The van der Waals surface area contributed by atoms with Gasteiger partial charge >= 0.3 is 6.09 Å². The topological polar surface area (TPSA) is 69.4 Å². The molecule has 0 fully saturated rings. The van der Waals surface area contributed by atoms with E-state index in [9.17, 15) is 9.59 Å². The Kier molecular flexibility index (Phi) is 4.56. The third kappa shape index (κ3) is 4.17. The minimum absolute atomic E-state index is 0.145. The summed E-state index contributed by atoms with van der Waals surface area (Å²) in [5.41, 5.74) is 5.59. The van der Waals surface area contributed by atoms with Gasteiger partial charge in [0.15, 0.2) is 6.10 Å². The predicted molar refractivity (Wildman–Crippen MR) is 63.5 cm³/mol. The van der Waals surface area contributed by atoms with E-state index in [1.807, 2.05) is 5.92 Å². The Hall–Kier alpha value is -1.99. The van der Waals surface area contributed by atoms with Crippen molar-refractivity contribution in [3.63, 3.8) is 0 Å². The van der Waals surface area contributed by atoms with Crippen molar-refractivity contribution in [3.8, 4) is 12.3 Å². The Balaban J connectivity index is 2.83. The van der Waals surface area contributed by atoms with Crippen LogP contribution in [-0.4, -0.2) is 18.0 Å². The number of hydrogen-bond acceptors (Lipinski definition) is 3. The SMILES string of the molecule is C#CC(=O)C(Cc1cccc(Cl)c1)OC(N)=O. The third-order valence-corrected chi connectivity index (χ3v) is 2.24. The molecule has 0 saturated carbocycles. The number of benzene rings is 1. The second kappa shape index (κ2) is 5.92. The van der Waals surface area contributed by atoms with Crippen LogP contribution in [0, 0.1) is 12.3 Å². The van der Waals surface area contributed by atoms with Gasteiger partial charge in [0.05, 0.1) is 0 Å². The van der Waals surface area contributed by atoms with Gasteiger partial charge < -0.3 is 10.5 Å². The zero-order chi connectivity index (χ0) is 12.8. The van der Waals surface area contributed by atoms with Crippen molar-refractivity contribution in [2.75, 3.05) is 0 Å². The Bertz CT molecular complexity index is 479. The summed E-state index contributed by atoms with van der Waals surface area (Å²) in [5.74, 6) is 1.27. The second-order valence-corrected chi connectivity index (χ2v) is 3.70. The van der Waals surface area contributed by atoms with Gasteiger partial charge in [0, 0.05) is 11.4 Å². The monoisotopic (exact) mass is 251 g/mol. The zero-order valence-electron chi connectivity index (χ0n) is 8.85. The fourth-order valence-electron chi connectivity index (χ4n) is 1.30. The highest BCUT2D eigenvalue weighted by Gasteiger charge is 2.20. The molecule has 1 rings (SSSR count). The summed E-state index contributed by atoms with van der Waals surface area (Å²) in [4.78, 5) is 22.0. The molecule has 1 aromatic carbocycles. The van der Waals surface area contributed by atoms with E-state index in [-0.39, 0.29) is 6.42 Å². The van der Waals surface area contributed by atoms with Crippen LogP contribution in [0.4, 0.5) is 4.79 Å². The van der Waals surface area contributed by atoms with Crippen LogP contribution in [0.1, 0.15) is 5.56 Å². The smallest absolute Gasteiger partial charge is 0.405 e. The minimum atomic E-state index is -1.07. The first-order valence-corrected chi connectivity index (χ1v) is 5.11. The van der Waals surface area contributed by atoms with E-state index in [1.165, 1.54) is 0 Å². The first kappa shape index (κ1) is 13.1. The molecule has 0 radical (unpaired) electrons. The van der Waals surface area contributed by atoms with E-state index in [2.05, 4.69) is 4.74 Å². The van der Waals surface area contributed by atoms with Gasteiger partial charge in [-0.15, -0.1) is 6.42 Å². The molecule has 1 aromatic rings. The number of carbonyl (C=O) groups excluding carboxylic acids is 2. The number of hydrogen-bond donors (Lipinski definition) is 1. The highest BCUT2D eigenvalue weighted by Crippen LogP contribution is 2.13. The number of primary amides is 1. The average molecular weight is 252 g/mol. The molecule has 0 heterocycles. The summed E-state index contributed by atoms with van der Waals surface area (Å²) in [5, 5.41) is 0.522. The predicted octanol–water partition coefficient (Wildman–Crippen LogP) is 1.55. The molecule has 0 spiro atoms. The van der Waals surface area contributed by atoms with Crippen molar-refractivity contribution in [1.82, 2.24) is 0 Å². The third-order valence-electron chi connectivity index (χ3n) is 2.00. The van der Waals surface area contributed by atoms with Crippen molar-refractivity contribution in [2.24, 2.45) is 5.73 Å². The number of terminal acetylenes is 1. The first-order valence-electron chi connectivity index (χ1n) is 4.74. The summed E-state index contributed by atoms with van der Waals surface area (Å²) < 4.78 is 4.65. The van der Waals surface area contributed by atoms with Gasteiger partial charge in [0.25, 0.3) is 0 Å². The van der Waals surface area contributed by atoms with Crippen LogP contribution in [0.15, 0.2) is 24.3 Å². The van der Waals surface area contributed by atoms with Crippen molar-refractivity contribution in [3.05, 3.63) is 34.9 Å². The zero-order valence-corrected chi connectivity index (χ0v) is 9.61. The van der Waals surface area contributed by atoms with Gasteiger partial charge in [-0.25, -0.2) is 4.79 Å². The molecule has 1 unspecified atom stereocenters. The number of rotatable bonds is 4. The van der Waals surface area contributed by atoms with E-state index in [0.717, 1.165) is 5.56 Å². The van der Waals surface area contributed by atoms with Crippen molar-refractivity contribution < 1.29 is 14.3 Å². The maximum atomic E-state index is 11.3. The van der Waals surface area contributed by atoms with E-state index in [1.54, 1.807) is 24.3 Å². The minimum Gasteiger partial charge on any atom is -0.437 e. The lowest BCUT2D eigenvalue weighted by Crippen LogP contribution is -2.31. The molecule has 0 saturated heterocycles. The van der Waals surface area contributed by atoms with E-state index < -0.39 is 18.0 Å². The number of halogens is 1. The Morgan fingerprint density at radius 1 is 1.53 bits per heavy atom. The van der Waals surface area contributed by atoms with Gasteiger partial charge in [-0.3, -0.25) is 4.79 Å². The Labute approximate surface area is 104 Å². The highest BCUT2D eigenvalue weighted by molar-refractivity contribution is 6.30. The molecule has 0 bridgehead atoms. The van der Waals surface area contributed by atoms with Gasteiger partial charge in [-0.2, -0.15) is 0 Å². The normalized spacial score (nSPS) is 11.3. The highest BCUT2D eigenvalue weighted by atomic mass is 35.5. The fourth-order valence-corrected chi connectivity index (χ4v) is 1.51. The van der Waals surface area contributed by atoms with Crippen molar-refractivity contribution in [2.45, 2.75) is 12.5 Å². The molecule has 0 aliphatic carbocycles. The lowest BCUT2D eigenvalue weighted by atomic mass is 10.1. The number of ether oxygens (including phenoxy) is 1. The first-order chi connectivity index (χ1) is 8.02.